The van der Waals surface area contributed by atoms with Gasteiger partial charge in [0.2, 0.25) is 0 Å². The van der Waals surface area contributed by atoms with Crippen molar-refractivity contribution in [1.82, 2.24) is 4.98 Å². The van der Waals surface area contributed by atoms with Crippen LogP contribution in [0, 0.1) is 17.1 Å². The summed E-state index contributed by atoms with van der Waals surface area (Å²) in [4.78, 5) is 30.2. The van der Waals surface area contributed by atoms with E-state index < -0.39 is 46.2 Å². The summed E-state index contributed by atoms with van der Waals surface area (Å²) in [7, 11) is 0. The highest BCUT2D eigenvalue weighted by Crippen LogP contribution is 2.48. The molecular weight excluding hydrogens is 476 g/mol. The molecule has 1 spiro atoms. The Morgan fingerprint density at radius 2 is 1.88 bits per heavy atom. The van der Waals surface area contributed by atoms with Crippen molar-refractivity contribution in [2.45, 2.75) is 44.8 Å². The summed E-state index contributed by atoms with van der Waals surface area (Å²) in [5, 5.41) is 17.8. The third-order valence-electron chi connectivity index (χ3n) is 5.58. The van der Waals surface area contributed by atoms with Crippen molar-refractivity contribution >= 4 is 40.6 Å². The Labute approximate surface area is 197 Å². The molecular formula is C22H18F4N4O3S. The number of carboxylic acids is 1. The second kappa shape index (κ2) is 8.98. The van der Waals surface area contributed by atoms with Gasteiger partial charge in [0.05, 0.1) is 23.0 Å². The first kappa shape index (κ1) is 25.0. The van der Waals surface area contributed by atoms with Crippen LogP contribution in [0.25, 0.3) is 0 Å². The van der Waals surface area contributed by atoms with E-state index in [1.807, 2.05) is 13.8 Å². The maximum Gasteiger partial charge on any atom is 0.419 e. The summed E-state index contributed by atoms with van der Waals surface area (Å²) < 4.78 is 54.5. The maximum absolute atomic E-state index is 14.3. The number of pyridine rings is 1. The Morgan fingerprint density at radius 1 is 1.24 bits per heavy atom. The molecule has 2 fully saturated rings. The van der Waals surface area contributed by atoms with E-state index in [4.69, 9.17) is 22.6 Å². The Morgan fingerprint density at radius 3 is 2.35 bits per heavy atom. The van der Waals surface area contributed by atoms with Gasteiger partial charge >= 0.3 is 12.1 Å². The number of nitriles is 1. The van der Waals surface area contributed by atoms with E-state index in [1.165, 1.54) is 17.0 Å². The number of hydrogen-bond donors (Lipinski definition) is 1. The number of carbonyl (C=O) groups is 2. The number of aromatic nitrogens is 1. The maximum atomic E-state index is 14.3. The van der Waals surface area contributed by atoms with E-state index in [2.05, 4.69) is 4.98 Å². The van der Waals surface area contributed by atoms with Gasteiger partial charge in [-0.3, -0.25) is 9.69 Å². The number of hydrogen-bond acceptors (Lipinski definition) is 5. The molecule has 1 aliphatic carbocycles. The quantitative estimate of drug-likeness (QED) is 0.479. The zero-order chi connectivity index (χ0) is 25.4. The minimum atomic E-state index is -4.89. The molecule has 0 atom stereocenters. The van der Waals surface area contributed by atoms with Crippen molar-refractivity contribution in [2.24, 2.45) is 0 Å². The normalized spacial score (nSPS) is 16.6. The minimum Gasteiger partial charge on any atom is -0.478 e. The number of carbonyl (C=O) groups excluding carboxylic acids is 1. The van der Waals surface area contributed by atoms with Gasteiger partial charge in [-0.1, -0.05) is 13.8 Å². The molecule has 2 aromatic rings. The number of carboxylic acid groups (broad SMARTS) is 1. The average molecular weight is 494 g/mol. The molecule has 1 aliphatic heterocycles. The van der Waals surface area contributed by atoms with Crippen molar-refractivity contribution in [3.8, 4) is 6.07 Å². The van der Waals surface area contributed by atoms with Gasteiger partial charge in [-0.05, 0) is 55.7 Å². The fourth-order valence-electron chi connectivity index (χ4n) is 3.91. The molecule has 1 aromatic heterocycles. The summed E-state index contributed by atoms with van der Waals surface area (Å²) in [6.45, 7) is 4.00. The van der Waals surface area contributed by atoms with Crippen molar-refractivity contribution in [3.05, 3.63) is 53.1 Å². The smallest absolute Gasteiger partial charge is 0.419 e. The summed E-state index contributed by atoms with van der Waals surface area (Å²) in [6, 6.07) is 5.23. The highest BCUT2D eigenvalue weighted by molar-refractivity contribution is 7.81. The van der Waals surface area contributed by atoms with Crippen molar-refractivity contribution in [2.75, 3.05) is 9.80 Å². The van der Waals surface area contributed by atoms with Gasteiger partial charge in [-0.15, -0.1) is 0 Å². The van der Waals surface area contributed by atoms with E-state index in [0.29, 0.717) is 25.3 Å². The van der Waals surface area contributed by atoms with Gasteiger partial charge in [-0.25, -0.2) is 14.2 Å². The Bertz CT molecular complexity index is 1220. The van der Waals surface area contributed by atoms with Gasteiger partial charge < -0.3 is 10.0 Å². The predicted octanol–water partition coefficient (Wildman–Crippen LogP) is 4.90. The van der Waals surface area contributed by atoms with Crippen LogP contribution in [0.2, 0.25) is 0 Å². The van der Waals surface area contributed by atoms with Gasteiger partial charge in [0.25, 0.3) is 5.91 Å². The molecule has 1 saturated heterocycles. The fraction of sp³-hybridized carbons (Fsp3) is 0.318. The molecule has 1 amide bonds. The van der Waals surface area contributed by atoms with Crippen LogP contribution in [0.4, 0.5) is 28.9 Å². The van der Waals surface area contributed by atoms with Crippen molar-refractivity contribution < 1.29 is 32.3 Å². The molecule has 2 heterocycles. The Balaban J connectivity index is 0.00000158. The highest BCUT2D eigenvalue weighted by Gasteiger charge is 2.59. The number of halogens is 4. The molecule has 4 rings (SSSR count). The van der Waals surface area contributed by atoms with E-state index >= 15 is 0 Å². The number of rotatable bonds is 3. The van der Waals surface area contributed by atoms with Crippen LogP contribution in [0.3, 0.4) is 0 Å². The lowest BCUT2D eigenvalue weighted by atomic mass is 9.75. The first-order chi connectivity index (χ1) is 16.0. The summed E-state index contributed by atoms with van der Waals surface area (Å²) in [6.07, 6.45) is -2.67. The SMILES string of the molecule is CC.N#Cc1ncc(N2C(=O)C3(CCC3)N(c3ccc(C(=O)O)c(F)c3)C2=S)cc1C(F)(F)F. The van der Waals surface area contributed by atoms with E-state index in [1.54, 1.807) is 0 Å². The average Bonchev–Trinajstić information content (AvgIpc) is 3.00. The molecule has 0 radical (unpaired) electrons. The molecule has 7 nitrogen and oxygen atoms in total. The monoisotopic (exact) mass is 494 g/mol. The number of nitrogens with zero attached hydrogens (tertiary/aromatic N) is 4. The second-order valence-electron chi connectivity index (χ2n) is 7.31. The number of alkyl halides is 3. The fourth-order valence-corrected chi connectivity index (χ4v) is 4.37. The second-order valence-corrected chi connectivity index (χ2v) is 7.68. The van der Waals surface area contributed by atoms with Crippen LogP contribution in [0.1, 0.15) is 54.7 Å². The van der Waals surface area contributed by atoms with Gasteiger partial charge in [-0.2, -0.15) is 18.4 Å². The van der Waals surface area contributed by atoms with E-state index in [-0.39, 0.29) is 16.5 Å². The van der Waals surface area contributed by atoms with Gasteiger partial charge in [0.1, 0.15) is 17.4 Å². The van der Waals surface area contributed by atoms with Crippen LogP contribution in [0.5, 0.6) is 0 Å². The zero-order valence-corrected chi connectivity index (χ0v) is 18.8. The topological polar surface area (TPSA) is 97.5 Å². The van der Waals surface area contributed by atoms with E-state index in [9.17, 15) is 27.2 Å². The lowest BCUT2D eigenvalue weighted by Crippen LogP contribution is -2.55. The summed E-state index contributed by atoms with van der Waals surface area (Å²) in [5.41, 5.74) is -4.13. The number of anilines is 2. The molecule has 1 aromatic carbocycles. The lowest BCUT2D eigenvalue weighted by molar-refractivity contribution is -0.138. The minimum absolute atomic E-state index is 0.102. The predicted molar refractivity (Wildman–Crippen MR) is 118 cm³/mol. The Kier molecular flexibility index (Phi) is 6.61. The van der Waals surface area contributed by atoms with Crippen LogP contribution in [-0.2, 0) is 11.0 Å². The summed E-state index contributed by atoms with van der Waals surface area (Å²) >= 11 is 5.40. The number of amides is 1. The molecule has 12 heteroatoms. The van der Waals surface area contributed by atoms with Crippen LogP contribution < -0.4 is 9.80 Å². The number of benzene rings is 1. The molecule has 178 valence electrons. The lowest BCUT2D eigenvalue weighted by Gasteiger charge is -2.43. The highest BCUT2D eigenvalue weighted by atomic mass is 32.1. The first-order valence-corrected chi connectivity index (χ1v) is 10.6. The number of thiocarbonyl (C=S) groups is 1. The largest absolute Gasteiger partial charge is 0.478 e. The molecule has 0 bridgehead atoms. The van der Waals surface area contributed by atoms with Crippen LogP contribution >= 0.6 is 12.2 Å². The summed E-state index contributed by atoms with van der Waals surface area (Å²) in [5.74, 6) is -3.12. The molecule has 34 heavy (non-hydrogen) atoms. The Hall–Kier alpha value is -3.59. The zero-order valence-electron chi connectivity index (χ0n) is 18.0. The molecule has 2 aliphatic rings. The van der Waals surface area contributed by atoms with Crippen LogP contribution in [-0.4, -0.2) is 32.6 Å². The molecule has 1 saturated carbocycles. The first-order valence-electron chi connectivity index (χ1n) is 10.2. The standard InChI is InChI=1S/C20H12F4N4O3S.C2H6/c21-14-7-10(2-3-12(14)16(29)30)28-18(32)27(17(31)19(28)4-1-5-19)11-6-13(20(22,23)24)15(8-25)26-9-11;1-2/h2-3,6-7,9H,1,4-5H2,(H,29,30);1-2H3. The van der Waals surface area contributed by atoms with Gasteiger partial charge in [0, 0.05) is 5.69 Å². The molecule has 1 N–H and O–H groups in total. The molecule has 0 unspecified atom stereocenters. The van der Waals surface area contributed by atoms with Crippen molar-refractivity contribution in [1.29, 1.82) is 5.26 Å². The van der Waals surface area contributed by atoms with Crippen molar-refractivity contribution in [3.63, 3.8) is 0 Å². The number of aromatic carboxylic acids is 1. The third kappa shape index (κ3) is 3.86. The van der Waals surface area contributed by atoms with Gasteiger partial charge in [0.15, 0.2) is 10.8 Å². The van der Waals surface area contributed by atoms with Crippen LogP contribution in [0.15, 0.2) is 30.5 Å². The van der Waals surface area contributed by atoms with E-state index in [0.717, 1.165) is 23.2 Å². The third-order valence-corrected chi connectivity index (χ3v) is 5.94.